The lowest BCUT2D eigenvalue weighted by molar-refractivity contribution is -0.142. The van der Waals surface area contributed by atoms with Gasteiger partial charge in [-0.1, -0.05) is 41.5 Å². The topological polar surface area (TPSA) is 151 Å². The summed E-state index contributed by atoms with van der Waals surface area (Å²) in [5.41, 5.74) is 5.88. The van der Waals surface area contributed by atoms with E-state index in [1.54, 1.807) is 27.7 Å². The lowest BCUT2D eigenvalue weighted by Crippen LogP contribution is -2.59. The number of rotatable bonds is 11. The molecule has 4 unspecified atom stereocenters. The number of aliphatic carboxylic acids is 1. The smallest absolute Gasteiger partial charge is 0.325 e. The van der Waals surface area contributed by atoms with Crippen LogP contribution in [0.4, 0.5) is 0 Å². The van der Waals surface area contributed by atoms with Crippen LogP contribution in [0.1, 0.15) is 54.9 Å². The molecule has 6 N–H and O–H groups in total. The molecule has 9 nitrogen and oxygen atoms in total. The minimum Gasteiger partial charge on any atom is -0.480 e. The summed E-state index contributed by atoms with van der Waals surface area (Å²) in [6, 6.07) is -3.61. The van der Waals surface area contributed by atoms with Crippen molar-refractivity contribution in [2.75, 3.05) is 0 Å². The maximum atomic E-state index is 12.7. The van der Waals surface area contributed by atoms with Crippen molar-refractivity contribution < 1.29 is 24.3 Å². The van der Waals surface area contributed by atoms with Crippen molar-refractivity contribution in [3.63, 3.8) is 0 Å². The summed E-state index contributed by atoms with van der Waals surface area (Å²) in [7, 11) is 0. The predicted molar refractivity (Wildman–Crippen MR) is 106 cm³/mol. The van der Waals surface area contributed by atoms with Gasteiger partial charge in [0.1, 0.15) is 18.1 Å². The Balaban J connectivity index is 5.19. The van der Waals surface area contributed by atoms with Gasteiger partial charge in [0, 0.05) is 0 Å². The fraction of sp³-hybridized carbons (Fsp3) is 0.789. The number of carboxylic acids is 1. The lowest BCUT2D eigenvalue weighted by atomic mass is 9.98. The van der Waals surface area contributed by atoms with Crippen LogP contribution in [0.3, 0.4) is 0 Å². The van der Waals surface area contributed by atoms with E-state index in [-0.39, 0.29) is 17.8 Å². The quantitative estimate of drug-likeness (QED) is 0.335. The van der Waals surface area contributed by atoms with Crippen LogP contribution < -0.4 is 21.7 Å². The zero-order valence-electron chi connectivity index (χ0n) is 17.9. The van der Waals surface area contributed by atoms with Crippen LogP contribution in [0, 0.1) is 17.8 Å². The van der Waals surface area contributed by atoms with Crippen molar-refractivity contribution in [3.8, 4) is 0 Å². The van der Waals surface area contributed by atoms with Gasteiger partial charge >= 0.3 is 5.97 Å². The molecule has 0 aromatic rings. The Labute approximate surface area is 167 Å². The van der Waals surface area contributed by atoms with Gasteiger partial charge in [-0.05, 0) is 31.1 Å². The maximum absolute atomic E-state index is 12.7. The predicted octanol–water partition coefficient (Wildman–Crippen LogP) is 0.231. The van der Waals surface area contributed by atoms with E-state index in [2.05, 4.69) is 16.0 Å². The van der Waals surface area contributed by atoms with Crippen molar-refractivity contribution in [2.45, 2.75) is 79.1 Å². The van der Waals surface area contributed by atoms with E-state index in [4.69, 9.17) is 10.8 Å². The van der Waals surface area contributed by atoms with Crippen LogP contribution >= 0.6 is 0 Å². The summed E-state index contributed by atoms with van der Waals surface area (Å²) in [6.07, 6.45) is 0.488. The summed E-state index contributed by atoms with van der Waals surface area (Å²) in [6.45, 7) is 12.3. The first-order valence-corrected chi connectivity index (χ1v) is 9.67. The number of hydrogen-bond donors (Lipinski definition) is 5. The number of hydrogen-bond acceptors (Lipinski definition) is 5. The molecule has 3 amide bonds. The third kappa shape index (κ3) is 8.69. The van der Waals surface area contributed by atoms with E-state index in [9.17, 15) is 19.2 Å². The van der Waals surface area contributed by atoms with Gasteiger partial charge in [-0.2, -0.15) is 0 Å². The second-order valence-electron chi connectivity index (χ2n) is 8.27. The summed E-state index contributed by atoms with van der Waals surface area (Å²) in [5.74, 6) is -2.99. The average Bonchev–Trinajstić information content (AvgIpc) is 2.55. The molecule has 0 saturated carbocycles. The first kappa shape index (κ1) is 25.8. The monoisotopic (exact) mass is 400 g/mol. The second-order valence-corrected chi connectivity index (χ2v) is 8.27. The zero-order chi connectivity index (χ0) is 22.2. The molecule has 0 rings (SSSR count). The van der Waals surface area contributed by atoms with E-state index in [0.29, 0.717) is 6.42 Å². The van der Waals surface area contributed by atoms with Gasteiger partial charge in [-0.15, -0.1) is 0 Å². The Morgan fingerprint density at radius 2 is 1.14 bits per heavy atom. The molecule has 0 aliphatic rings. The molecule has 0 aliphatic heterocycles. The number of nitrogens with two attached hydrogens (primary N) is 1. The van der Waals surface area contributed by atoms with Crippen LogP contribution in [0.15, 0.2) is 0 Å². The molecule has 0 saturated heterocycles. The molecular weight excluding hydrogens is 364 g/mol. The SMILES string of the molecule is CC(C)CC(N)C(=O)NC(C(=O)NC(C(=O)NC(C)C(=O)O)C(C)C)C(C)C. The molecule has 0 spiro atoms. The minimum atomic E-state index is -1.17. The third-order valence-corrected chi connectivity index (χ3v) is 4.29. The molecule has 0 aromatic heterocycles. The number of amides is 3. The maximum Gasteiger partial charge on any atom is 0.325 e. The Bertz CT molecular complexity index is 563. The van der Waals surface area contributed by atoms with E-state index in [0.717, 1.165) is 0 Å². The second kappa shape index (κ2) is 11.6. The van der Waals surface area contributed by atoms with Gasteiger partial charge in [0.25, 0.3) is 0 Å². The number of carbonyl (C=O) groups excluding carboxylic acids is 3. The Kier molecular flexibility index (Phi) is 10.7. The van der Waals surface area contributed by atoms with Crippen molar-refractivity contribution in [1.29, 1.82) is 0 Å². The Hall–Kier alpha value is -2.16. The standard InChI is InChI=1S/C19H36N4O5/c1-9(2)8-13(20)16(24)22-15(11(5)6)18(26)23-14(10(3)4)17(25)21-12(7)19(27)28/h9-15H,8,20H2,1-7H3,(H,21,25)(H,22,24)(H,23,26)(H,27,28). The molecule has 0 aromatic carbocycles. The summed E-state index contributed by atoms with van der Waals surface area (Å²) in [5, 5.41) is 16.6. The fourth-order valence-corrected chi connectivity index (χ4v) is 2.55. The van der Waals surface area contributed by atoms with Gasteiger partial charge < -0.3 is 26.8 Å². The zero-order valence-corrected chi connectivity index (χ0v) is 17.9. The number of carbonyl (C=O) groups is 4. The molecule has 0 fully saturated rings. The first-order chi connectivity index (χ1) is 12.8. The molecule has 162 valence electrons. The van der Waals surface area contributed by atoms with Crippen molar-refractivity contribution in [3.05, 3.63) is 0 Å². The van der Waals surface area contributed by atoms with Crippen molar-refractivity contribution >= 4 is 23.7 Å². The minimum absolute atomic E-state index is 0.232. The van der Waals surface area contributed by atoms with E-state index >= 15 is 0 Å². The molecular formula is C19H36N4O5. The summed E-state index contributed by atoms with van der Waals surface area (Å²) < 4.78 is 0. The molecule has 0 radical (unpaired) electrons. The van der Waals surface area contributed by atoms with E-state index in [1.165, 1.54) is 6.92 Å². The van der Waals surface area contributed by atoms with Crippen LogP contribution in [0.25, 0.3) is 0 Å². The fourth-order valence-electron chi connectivity index (χ4n) is 2.55. The third-order valence-electron chi connectivity index (χ3n) is 4.29. The molecule has 0 bridgehead atoms. The molecule has 0 heterocycles. The van der Waals surface area contributed by atoms with Crippen LogP contribution in [0.5, 0.6) is 0 Å². The average molecular weight is 401 g/mol. The van der Waals surface area contributed by atoms with E-state index in [1.807, 2.05) is 13.8 Å². The van der Waals surface area contributed by atoms with Crippen LogP contribution in [-0.4, -0.2) is 53.0 Å². The van der Waals surface area contributed by atoms with Gasteiger partial charge in [0.15, 0.2) is 0 Å². The normalized spacial score (nSPS) is 15.7. The number of nitrogens with one attached hydrogen (secondary N) is 3. The van der Waals surface area contributed by atoms with Crippen molar-refractivity contribution in [1.82, 2.24) is 16.0 Å². The highest BCUT2D eigenvalue weighted by molar-refractivity contribution is 5.94. The molecule has 4 atom stereocenters. The van der Waals surface area contributed by atoms with Crippen molar-refractivity contribution in [2.24, 2.45) is 23.5 Å². The Morgan fingerprint density at radius 1 is 0.750 bits per heavy atom. The highest BCUT2D eigenvalue weighted by Gasteiger charge is 2.32. The van der Waals surface area contributed by atoms with Gasteiger partial charge in [-0.3, -0.25) is 19.2 Å². The van der Waals surface area contributed by atoms with Gasteiger partial charge in [0.05, 0.1) is 6.04 Å². The largest absolute Gasteiger partial charge is 0.480 e. The molecule has 0 aliphatic carbocycles. The van der Waals surface area contributed by atoms with Gasteiger partial charge in [0.2, 0.25) is 17.7 Å². The Morgan fingerprint density at radius 3 is 1.50 bits per heavy atom. The van der Waals surface area contributed by atoms with Gasteiger partial charge in [-0.25, -0.2) is 0 Å². The summed E-state index contributed by atoms with van der Waals surface area (Å²) >= 11 is 0. The van der Waals surface area contributed by atoms with Crippen LogP contribution in [-0.2, 0) is 19.2 Å². The molecule has 28 heavy (non-hydrogen) atoms. The highest BCUT2D eigenvalue weighted by atomic mass is 16.4. The van der Waals surface area contributed by atoms with E-state index < -0.39 is 47.9 Å². The molecule has 9 heteroatoms. The first-order valence-electron chi connectivity index (χ1n) is 9.67. The highest BCUT2D eigenvalue weighted by Crippen LogP contribution is 2.09. The van der Waals surface area contributed by atoms with Crippen LogP contribution in [0.2, 0.25) is 0 Å². The number of carboxylic acid groups (broad SMARTS) is 1. The lowest BCUT2D eigenvalue weighted by Gasteiger charge is -2.28. The summed E-state index contributed by atoms with van der Waals surface area (Å²) in [4.78, 5) is 48.4.